The van der Waals surface area contributed by atoms with Gasteiger partial charge in [0.25, 0.3) is 5.91 Å². The van der Waals surface area contributed by atoms with Crippen molar-refractivity contribution in [3.05, 3.63) is 17.8 Å². The van der Waals surface area contributed by atoms with E-state index in [9.17, 15) is 14.0 Å². The van der Waals surface area contributed by atoms with Crippen molar-refractivity contribution in [1.29, 1.82) is 0 Å². The third-order valence-corrected chi connectivity index (χ3v) is 6.35. The van der Waals surface area contributed by atoms with E-state index < -0.39 is 5.67 Å². The highest BCUT2D eigenvalue weighted by atomic mass is 19.1. The smallest absolute Gasteiger partial charge is 0.270 e. The Morgan fingerprint density at radius 2 is 2.00 bits per heavy atom. The number of halogens is 1. The average Bonchev–Trinajstić information content (AvgIpc) is 3.56. The maximum absolute atomic E-state index is 14.8. The van der Waals surface area contributed by atoms with Gasteiger partial charge in [-0.05, 0) is 63.0 Å². The van der Waals surface area contributed by atoms with Crippen LogP contribution in [0.25, 0.3) is 0 Å². The minimum Gasteiger partial charge on any atom is -0.476 e. The Hall–Kier alpha value is -2.38. The number of aromatic nitrogens is 1. The first-order valence-corrected chi connectivity index (χ1v) is 10.9. The van der Waals surface area contributed by atoms with E-state index in [0.717, 1.165) is 31.4 Å². The molecule has 0 bridgehead atoms. The fourth-order valence-electron chi connectivity index (χ4n) is 4.01. The van der Waals surface area contributed by atoms with E-state index >= 15 is 0 Å². The van der Waals surface area contributed by atoms with Gasteiger partial charge in [0.1, 0.15) is 17.1 Å². The molecular formula is C22H31FN4O3. The van der Waals surface area contributed by atoms with E-state index in [4.69, 9.17) is 10.5 Å². The summed E-state index contributed by atoms with van der Waals surface area (Å²) < 4.78 is 20.7. The van der Waals surface area contributed by atoms with Crippen LogP contribution in [-0.2, 0) is 4.79 Å². The fourth-order valence-corrected chi connectivity index (χ4v) is 4.01. The molecule has 1 aromatic rings. The number of nitrogens with two attached hydrogens (primary N) is 1. The maximum Gasteiger partial charge on any atom is 0.270 e. The van der Waals surface area contributed by atoms with Crippen LogP contribution < -0.4 is 20.7 Å². The average molecular weight is 419 g/mol. The first-order valence-electron chi connectivity index (χ1n) is 10.9. The minimum absolute atomic E-state index is 0.187. The lowest BCUT2D eigenvalue weighted by atomic mass is 9.90. The summed E-state index contributed by atoms with van der Waals surface area (Å²) in [5.41, 5.74) is 5.20. The molecule has 1 aromatic heterocycles. The summed E-state index contributed by atoms with van der Waals surface area (Å²) in [7, 11) is 0. The Morgan fingerprint density at radius 3 is 2.60 bits per heavy atom. The van der Waals surface area contributed by atoms with Gasteiger partial charge in [0, 0.05) is 12.0 Å². The Labute approximate surface area is 176 Å². The van der Waals surface area contributed by atoms with Crippen LogP contribution in [-0.4, -0.2) is 48.2 Å². The Bertz CT molecular complexity index is 819. The summed E-state index contributed by atoms with van der Waals surface area (Å²) in [6.07, 6.45) is 4.68. The topological polar surface area (TPSA) is 97.6 Å². The molecule has 0 aromatic carbocycles. The van der Waals surface area contributed by atoms with Gasteiger partial charge in [-0.1, -0.05) is 6.92 Å². The highest BCUT2D eigenvalue weighted by Gasteiger charge is 2.54. The summed E-state index contributed by atoms with van der Waals surface area (Å²) >= 11 is 0. The molecule has 2 aliphatic carbocycles. The summed E-state index contributed by atoms with van der Waals surface area (Å²) in [6, 6.07) is 3.22. The molecule has 1 unspecified atom stereocenters. The molecule has 30 heavy (non-hydrogen) atoms. The molecule has 164 valence electrons. The Morgan fingerprint density at radius 1 is 1.30 bits per heavy atom. The monoisotopic (exact) mass is 418 g/mol. The zero-order valence-corrected chi connectivity index (χ0v) is 17.7. The van der Waals surface area contributed by atoms with Gasteiger partial charge in [0.15, 0.2) is 0 Å². The first-order chi connectivity index (χ1) is 14.2. The Balaban J connectivity index is 1.43. The zero-order chi connectivity index (χ0) is 21.5. The lowest BCUT2D eigenvalue weighted by molar-refractivity contribution is -0.121. The van der Waals surface area contributed by atoms with Crippen LogP contribution in [0.4, 0.5) is 10.1 Å². The van der Waals surface area contributed by atoms with E-state index in [1.807, 2.05) is 11.8 Å². The molecule has 2 heterocycles. The number of anilines is 1. The van der Waals surface area contributed by atoms with E-state index in [1.165, 1.54) is 0 Å². The van der Waals surface area contributed by atoms with E-state index in [-0.39, 0.29) is 35.4 Å². The minimum atomic E-state index is -1.10. The van der Waals surface area contributed by atoms with Gasteiger partial charge in [-0.2, -0.15) is 0 Å². The molecule has 8 heteroatoms. The second-order valence-corrected chi connectivity index (χ2v) is 9.35. The number of hydrogen-bond donors (Lipinski definition) is 2. The number of hydrogen-bond acceptors (Lipinski definition) is 5. The van der Waals surface area contributed by atoms with Gasteiger partial charge in [-0.25, -0.2) is 9.37 Å². The van der Waals surface area contributed by atoms with E-state index in [2.05, 4.69) is 10.3 Å². The van der Waals surface area contributed by atoms with Crippen LogP contribution in [0.2, 0.25) is 0 Å². The van der Waals surface area contributed by atoms with Gasteiger partial charge in [-0.15, -0.1) is 0 Å². The number of nitrogens with one attached hydrogen (secondary N) is 1. The third kappa shape index (κ3) is 4.68. The Kier molecular flexibility index (Phi) is 5.59. The molecular weight excluding hydrogens is 387 g/mol. The normalized spacial score (nSPS) is 22.0. The molecule has 7 nitrogen and oxygen atoms in total. The van der Waals surface area contributed by atoms with Crippen molar-refractivity contribution in [2.24, 2.45) is 23.5 Å². The number of pyridine rings is 1. The van der Waals surface area contributed by atoms with Crippen LogP contribution >= 0.6 is 0 Å². The molecule has 0 radical (unpaired) electrons. The summed E-state index contributed by atoms with van der Waals surface area (Å²) in [4.78, 5) is 30.3. The summed E-state index contributed by atoms with van der Waals surface area (Å²) in [5, 5.41) is 2.86. The lowest BCUT2D eigenvalue weighted by Crippen LogP contribution is -2.60. The highest BCUT2D eigenvalue weighted by Crippen LogP contribution is 2.49. The van der Waals surface area contributed by atoms with Crippen molar-refractivity contribution in [2.75, 3.05) is 24.6 Å². The molecule has 0 spiro atoms. The van der Waals surface area contributed by atoms with Crippen LogP contribution in [0.15, 0.2) is 12.1 Å². The summed E-state index contributed by atoms with van der Waals surface area (Å²) in [6.45, 7) is 4.84. The lowest BCUT2D eigenvalue weighted by Gasteiger charge is -2.46. The fraction of sp³-hybridized carbons (Fsp3) is 0.682. The molecule has 3 N–H and O–H groups in total. The van der Waals surface area contributed by atoms with Crippen LogP contribution in [0.3, 0.4) is 0 Å². The van der Waals surface area contributed by atoms with Crippen molar-refractivity contribution in [1.82, 2.24) is 10.3 Å². The number of primary amides is 1. The number of alkyl halides is 1. The van der Waals surface area contributed by atoms with Crippen LogP contribution in [0.5, 0.6) is 5.88 Å². The molecule has 1 saturated heterocycles. The number of amides is 2. The molecule has 2 amide bonds. The van der Waals surface area contributed by atoms with Crippen molar-refractivity contribution in [3.8, 4) is 5.88 Å². The molecule has 1 aliphatic heterocycles. The predicted octanol–water partition coefficient (Wildman–Crippen LogP) is 2.44. The van der Waals surface area contributed by atoms with Crippen molar-refractivity contribution >= 4 is 17.5 Å². The second kappa shape index (κ2) is 8.04. The number of nitrogens with zero attached hydrogens (tertiary/aromatic N) is 2. The van der Waals surface area contributed by atoms with E-state index in [1.54, 1.807) is 19.1 Å². The maximum atomic E-state index is 14.8. The quantitative estimate of drug-likeness (QED) is 0.608. The summed E-state index contributed by atoms with van der Waals surface area (Å²) in [5.74, 6) is 0.0716. The van der Waals surface area contributed by atoms with Gasteiger partial charge in [-0.3, -0.25) is 9.59 Å². The van der Waals surface area contributed by atoms with Gasteiger partial charge in [0.2, 0.25) is 11.8 Å². The molecule has 3 aliphatic rings. The SMILES string of the molecule is CC(C[C@H](C)NC(=O)c1ccc(N2CC(F)(C3CC3)C2)c(OCC2CC2)n1)C(N)=O. The number of ether oxygens (including phenoxy) is 1. The first kappa shape index (κ1) is 20.9. The second-order valence-electron chi connectivity index (χ2n) is 9.35. The van der Waals surface area contributed by atoms with Gasteiger partial charge < -0.3 is 20.7 Å². The highest BCUT2D eigenvalue weighted by molar-refractivity contribution is 5.93. The zero-order valence-electron chi connectivity index (χ0n) is 17.7. The number of carbonyl (C=O) groups excluding carboxylic acids is 2. The van der Waals surface area contributed by atoms with Crippen molar-refractivity contribution < 1.29 is 18.7 Å². The number of rotatable bonds is 10. The number of carbonyl (C=O) groups is 2. The largest absolute Gasteiger partial charge is 0.476 e. The van der Waals surface area contributed by atoms with Crippen LogP contribution in [0.1, 0.15) is 56.4 Å². The molecule has 3 fully saturated rings. The van der Waals surface area contributed by atoms with Crippen molar-refractivity contribution in [3.63, 3.8) is 0 Å². The molecule has 4 rings (SSSR count). The third-order valence-electron chi connectivity index (χ3n) is 6.35. The van der Waals surface area contributed by atoms with Gasteiger partial charge >= 0.3 is 0 Å². The molecule has 2 atom stereocenters. The van der Waals surface area contributed by atoms with Crippen molar-refractivity contribution in [2.45, 2.75) is 57.7 Å². The molecule has 2 saturated carbocycles. The standard InChI is InChI=1S/C22H31FN4O3/c1-13(19(24)28)9-14(2)25-20(29)17-7-8-18(21(26-17)30-10-15-3-4-15)27-11-22(23,12-27)16-5-6-16/h7-8,13-16H,3-6,9-12H2,1-2H3,(H2,24,28)(H,25,29)/t13?,14-/m0/s1. The van der Waals surface area contributed by atoms with E-state index in [0.29, 0.717) is 37.9 Å². The van der Waals surface area contributed by atoms with Gasteiger partial charge in [0.05, 0.1) is 19.7 Å². The van der Waals surface area contributed by atoms with Crippen LogP contribution in [0, 0.1) is 17.8 Å². The predicted molar refractivity (Wildman–Crippen MR) is 111 cm³/mol.